The highest BCUT2D eigenvalue weighted by atomic mass is 79.9. The van der Waals surface area contributed by atoms with Gasteiger partial charge in [0.1, 0.15) is 12.0 Å². The van der Waals surface area contributed by atoms with Crippen LogP contribution in [0.3, 0.4) is 0 Å². The van der Waals surface area contributed by atoms with E-state index in [1.54, 1.807) is 0 Å². The monoisotopic (exact) mass is 382 g/mol. The molecule has 2 rings (SSSR count). The Morgan fingerprint density at radius 1 is 1.29 bits per heavy atom. The summed E-state index contributed by atoms with van der Waals surface area (Å²) in [6.07, 6.45) is -3.70. The predicted molar refractivity (Wildman–Crippen MR) is 75.6 cm³/mol. The highest BCUT2D eigenvalue weighted by molar-refractivity contribution is 9.10. The number of ether oxygens (including phenoxy) is 1. The number of aromatic nitrogens is 2. The fourth-order valence-electron chi connectivity index (χ4n) is 1.41. The van der Waals surface area contributed by atoms with E-state index in [4.69, 9.17) is 17.3 Å². The van der Waals surface area contributed by atoms with Crippen molar-refractivity contribution in [1.82, 2.24) is 9.97 Å². The lowest BCUT2D eigenvalue weighted by atomic mass is 10.3. The normalized spacial score (nSPS) is 11.3. The molecule has 0 atom stereocenters. The number of nitrogens with zero attached hydrogens (tertiary/aromatic N) is 2. The molecule has 0 saturated carbocycles. The molecule has 1 heterocycles. The van der Waals surface area contributed by atoms with Gasteiger partial charge in [0.15, 0.2) is 16.7 Å². The Balaban J connectivity index is 2.37. The SMILES string of the molecule is Nc1c(Cl)ncnc1Nc1ccc(Br)cc1OC(F)(F)F. The van der Waals surface area contributed by atoms with E-state index in [0.717, 1.165) is 12.4 Å². The Hall–Kier alpha value is -1.74. The van der Waals surface area contributed by atoms with Gasteiger partial charge in [0, 0.05) is 4.47 Å². The van der Waals surface area contributed by atoms with Crippen LogP contribution in [0.15, 0.2) is 29.0 Å². The fraction of sp³-hybridized carbons (Fsp3) is 0.0909. The first kappa shape index (κ1) is 15.6. The first-order chi connectivity index (χ1) is 9.76. The van der Waals surface area contributed by atoms with Crippen LogP contribution in [-0.4, -0.2) is 16.3 Å². The number of nitrogens with two attached hydrogens (primary N) is 1. The van der Waals surface area contributed by atoms with Crippen molar-refractivity contribution in [3.63, 3.8) is 0 Å². The number of benzene rings is 1. The maximum Gasteiger partial charge on any atom is 0.573 e. The molecule has 1 aromatic carbocycles. The smallest absolute Gasteiger partial charge is 0.404 e. The molecule has 0 unspecified atom stereocenters. The number of halogens is 5. The van der Waals surface area contributed by atoms with Gasteiger partial charge in [-0.2, -0.15) is 0 Å². The predicted octanol–water partition coefficient (Wildman–Crippen LogP) is 4.12. The Morgan fingerprint density at radius 2 is 2.00 bits per heavy atom. The molecule has 0 amide bonds. The van der Waals surface area contributed by atoms with E-state index in [9.17, 15) is 13.2 Å². The molecule has 3 N–H and O–H groups in total. The maximum absolute atomic E-state index is 12.4. The lowest BCUT2D eigenvalue weighted by Crippen LogP contribution is -2.18. The van der Waals surface area contributed by atoms with Gasteiger partial charge in [-0.3, -0.25) is 0 Å². The second-order valence-corrected chi connectivity index (χ2v) is 5.01. The minimum atomic E-state index is -4.83. The zero-order chi connectivity index (χ0) is 15.6. The summed E-state index contributed by atoms with van der Waals surface area (Å²) in [6.45, 7) is 0. The Bertz CT molecular complexity index is 668. The Labute approximate surface area is 130 Å². The molecule has 0 bridgehead atoms. The van der Waals surface area contributed by atoms with Crippen molar-refractivity contribution in [2.45, 2.75) is 6.36 Å². The molecule has 0 aliphatic carbocycles. The zero-order valence-corrected chi connectivity index (χ0v) is 12.4. The molecule has 1 aromatic heterocycles. The molecule has 0 aliphatic rings. The molecule has 21 heavy (non-hydrogen) atoms. The molecule has 0 fully saturated rings. The third kappa shape index (κ3) is 4.11. The van der Waals surface area contributed by atoms with Crippen LogP contribution in [0.5, 0.6) is 5.75 Å². The largest absolute Gasteiger partial charge is 0.573 e. The molecule has 10 heteroatoms. The average Bonchev–Trinajstić information content (AvgIpc) is 2.36. The van der Waals surface area contributed by atoms with Crippen LogP contribution in [0.2, 0.25) is 5.15 Å². The van der Waals surface area contributed by atoms with E-state index in [1.165, 1.54) is 12.1 Å². The van der Waals surface area contributed by atoms with E-state index in [1.807, 2.05) is 0 Å². The number of nitrogen functional groups attached to an aromatic ring is 1. The molecule has 0 saturated heterocycles. The minimum absolute atomic E-state index is 0.0112. The highest BCUT2D eigenvalue weighted by Gasteiger charge is 2.32. The van der Waals surface area contributed by atoms with Crippen LogP contribution in [0, 0.1) is 0 Å². The first-order valence-electron chi connectivity index (χ1n) is 5.34. The second kappa shape index (κ2) is 5.94. The van der Waals surface area contributed by atoms with Crippen molar-refractivity contribution in [2.75, 3.05) is 11.1 Å². The molecular weight excluding hydrogens is 376 g/mol. The third-order valence-electron chi connectivity index (χ3n) is 2.26. The summed E-state index contributed by atoms with van der Waals surface area (Å²) < 4.78 is 41.6. The average molecular weight is 384 g/mol. The highest BCUT2D eigenvalue weighted by Crippen LogP contribution is 2.35. The molecule has 112 valence electrons. The van der Waals surface area contributed by atoms with Gasteiger partial charge in [-0.05, 0) is 18.2 Å². The molecular formula is C11H7BrClF3N4O. The van der Waals surface area contributed by atoms with Crippen LogP contribution < -0.4 is 15.8 Å². The van der Waals surface area contributed by atoms with Gasteiger partial charge in [0.2, 0.25) is 0 Å². The van der Waals surface area contributed by atoms with Gasteiger partial charge >= 0.3 is 6.36 Å². The van der Waals surface area contributed by atoms with Crippen LogP contribution in [0.25, 0.3) is 0 Å². The number of anilines is 3. The van der Waals surface area contributed by atoms with Crippen molar-refractivity contribution in [1.29, 1.82) is 0 Å². The minimum Gasteiger partial charge on any atom is -0.404 e. The summed E-state index contributed by atoms with van der Waals surface area (Å²) in [7, 11) is 0. The van der Waals surface area contributed by atoms with Crippen molar-refractivity contribution in [2.24, 2.45) is 0 Å². The topological polar surface area (TPSA) is 73.1 Å². The molecule has 0 radical (unpaired) electrons. The van der Waals surface area contributed by atoms with E-state index in [0.29, 0.717) is 4.47 Å². The number of rotatable bonds is 3. The molecule has 0 spiro atoms. The summed E-state index contributed by atoms with van der Waals surface area (Å²) in [6, 6.07) is 4.07. The second-order valence-electron chi connectivity index (χ2n) is 3.74. The van der Waals surface area contributed by atoms with Gasteiger partial charge in [-0.1, -0.05) is 27.5 Å². The summed E-state index contributed by atoms with van der Waals surface area (Å²) in [5.74, 6) is -0.365. The zero-order valence-electron chi connectivity index (χ0n) is 10.1. The third-order valence-corrected chi connectivity index (χ3v) is 3.05. The van der Waals surface area contributed by atoms with E-state index in [2.05, 4.69) is 36.0 Å². The van der Waals surface area contributed by atoms with Crippen LogP contribution >= 0.6 is 27.5 Å². The van der Waals surface area contributed by atoms with Gasteiger partial charge in [-0.25, -0.2) is 9.97 Å². The number of nitrogens with one attached hydrogen (secondary N) is 1. The fourth-order valence-corrected chi connectivity index (χ4v) is 1.88. The summed E-state index contributed by atoms with van der Waals surface area (Å²) in [4.78, 5) is 7.46. The summed E-state index contributed by atoms with van der Waals surface area (Å²) >= 11 is 8.79. The van der Waals surface area contributed by atoms with Gasteiger partial charge < -0.3 is 15.8 Å². The standard InChI is InChI=1S/C11H7BrClF3N4O/c12-5-1-2-6(7(3-5)21-11(14,15)16)20-10-8(17)9(13)18-4-19-10/h1-4H,17H2,(H,18,19,20). The Morgan fingerprint density at radius 3 is 2.67 bits per heavy atom. The maximum atomic E-state index is 12.4. The van der Waals surface area contributed by atoms with Crippen LogP contribution in [-0.2, 0) is 0 Å². The lowest BCUT2D eigenvalue weighted by Gasteiger charge is -2.15. The van der Waals surface area contributed by atoms with Gasteiger partial charge in [0.05, 0.1) is 5.69 Å². The van der Waals surface area contributed by atoms with Crippen LogP contribution in [0.1, 0.15) is 0 Å². The van der Waals surface area contributed by atoms with E-state index >= 15 is 0 Å². The van der Waals surface area contributed by atoms with Crippen molar-refractivity contribution in [3.8, 4) is 5.75 Å². The molecule has 2 aromatic rings. The quantitative estimate of drug-likeness (QED) is 0.780. The molecule has 5 nitrogen and oxygen atoms in total. The molecule has 0 aliphatic heterocycles. The van der Waals surface area contributed by atoms with Crippen molar-refractivity contribution in [3.05, 3.63) is 34.2 Å². The number of hydrogen-bond acceptors (Lipinski definition) is 5. The lowest BCUT2D eigenvalue weighted by molar-refractivity contribution is -0.274. The van der Waals surface area contributed by atoms with Crippen molar-refractivity contribution < 1.29 is 17.9 Å². The first-order valence-corrected chi connectivity index (χ1v) is 6.51. The van der Waals surface area contributed by atoms with Gasteiger partial charge in [0.25, 0.3) is 0 Å². The number of alkyl halides is 3. The van der Waals surface area contributed by atoms with E-state index < -0.39 is 12.1 Å². The van der Waals surface area contributed by atoms with E-state index in [-0.39, 0.29) is 22.3 Å². The summed E-state index contributed by atoms with van der Waals surface area (Å²) in [5.41, 5.74) is 5.68. The van der Waals surface area contributed by atoms with Crippen molar-refractivity contribution >= 4 is 44.7 Å². The summed E-state index contributed by atoms with van der Waals surface area (Å²) in [5, 5.41) is 2.61. The Kier molecular flexibility index (Phi) is 4.43. The number of hydrogen-bond donors (Lipinski definition) is 2. The van der Waals surface area contributed by atoms with Crippen LogP contribution in [0.4, 0.5) is 30.4 Å². The van der Waals surface area contributed by atoms with Gasteiger partial charge in [-0.15, -0.1) is 13.2 Å².